The summed E-state index contributed by atoms with van der Waals surface area (Å²) in [6.07, 6.45) is 1.76. The van der Waals surface area contributed by atoms with Gasteiger partial charge in [0.05, 0.1) is 10.5 Å². The molecule has 10 nitrogen and oxygen atoms in total. The van der Waals surface area contributed by atoms with E-state index in [-0.39, 0.29) is 10.8 Å². The second-order valence-corrected chi connectivity index (χ2v) is 8.86. The Labute approximate surface area is 191 Å². The molecule has 0 radical (unpaired) electrons. The van der Waals surface area contributed by atoms with E-state index in [0.717, 1.165) is 5.69 Å². The van der Waals surface area contributed by atoms with Gasteiger partial charge in [-0.1, -0.05) is 0 Å². The molecule has 0 saturated carbocycles. The fourth-order valence-corrected chi connectivity index (χ4v) is 3.63. The van der Waals surface area contributed by atoms with Crippen molar-refractivity contribution in [2.24, 2.45) is 0 Å². The summed E-state index contributed by atoms with van der Waals surface area (Å²) in [5.41, 5.74) is 1.59. The van der Waals surface area contributed by atoms with E-state index in [4.69, 9.17) is 4.74 Å². The molecule has 0 saturated heterocycles. The monoisotopic (exact) mass is 469 g/mol. The quantitative estimate of drug-likeness (QED) is 0.481. The molecule has 3 rings (SSSR count). The Hall–Kier alpha value is -3.99. The summed E-state index contributed by atoms with van der Waals surface area (Å²) >= 11 is 0. The van der Waals surface area contributed by atoms with Crippen molar-refractivity contribution in [2.75, 3.05) is 29.0 Å². The highest BCUT2D eigenvalue weighted by atomic mass is 32.2. The van der Waals surface area contributed by atoms with Crippen LogP contribution in [0.3, 0.4) is 0 Å². The number of benzene rings is 2. The van der Waals surface area contributed by atoms with Crippen LogP contribution in [0, 0.1) is 0 Å². The highest BCUT2D eigenvalue weighted by Crippen LogP contribution is 2.17. The van der Waals surface area contributed by atoms with E-state index in [2.05, 4.69) is 20.0 Å². The van der Waals surface area contributed by atoms with Crippen LogP contribution >= 0.6 is 0 Å². The summed E-state index contributed by atoms with van der Waals surface area (Å²) in [4.78, 5) is 34.2. The number of hydrogen-bond donors (Lipinski definition) is 2. The summed E-state index contributed by atoms with van der Waals surface area (Å²) in [6, 6.07) is 13.8. The van der Waals surface area contributed by atoms with Gasteiger partial charge in [0, 0.05) is 37.9 Å². The van der Waals surface area contributed by atoms with Crippen LogP contribution in [0.5, 0.6) is 0 Å². The van der Waals surface area contributed by atoms with Gasteiger partial charge in [0.1, 0.15) is 0 Å². The first kappa shape index (κ1) is 23.7. The lowest BCUT2D eigenvalue weighted by atomic mass is 10.2. The van der Waals surface area contributed by atoms with Crippen molar-refractivity contribution in [3.63, 3.8) is 0 Å². The van der Waals surface area contributed by atoms with Crippen LogP contribution in [0.25, 0.3) is 0 Å². The molecule has 0 aliphatic heterocycles. The van der Waals surface area contributed by atoms with Gasteiger partial charge in [-0.05, 0) is 61.5 Å². The molecule has 1 aromatic heterocycles. The Balaban J connectivity index is 1.58. The molecule has 0 aliphatic carbocycles. The van der Waals surface area contributed by atoms with Crippen molar-refractivity contribution in [2.45, 2.75) is 17.9 Å². The van der Waals surface area contributed by atoms with Gasteiger partial charge in [-0.25, -0.2) is 27.9 Å². The topological polar surface area (TPSA) is 131 Å². The van der Waals surface area contributed by atoms with Gasteiger partial charge in [0.25, 0.3) is 15.9 Å². The van der Waals surface area contributed by atoms with Gasteiger partial charge >= 0.3 is 5.97 Å². The molecule has 0 spiro atoms. The van der Waals surface area contributed by atoms with E-state index in [1.54, 1.807) is 30.3 Å². The third-order valence-electron chi connectivity index (χ3n) is 4.50. The first-order valence-electron chi connectivity index (χ1n) is 9.85. The van der Waals surface area contributed by atoms with Crippen molar-refractivity contribution in [3.05, 3.63) is 72.6 Å². The lowest BCUT2D eigenvalue weighted by Gasteiger charge is -2.15. The van der Waals surface area contributed by atoms with Crippen LogP contribution in [0.2, 0.25) is 0 Å². The van der Waals surface area contributed by atoms with Crippen molar-refractivity contribution >= 4 is 39.2 Å². The molecule has 1 unspecified atom stereocenters. The lowest BCUT2D eigenvalue weighted by molar-refractivity contribution is -0.123. The minimum atomic E-state index is -3.89. The molecule has 0 bridgehead atoms. The molecule has 172 valence electrons. The Bertz CT molecular complexity index is 1210. The number of nitrogens with one attached hydrogen (secondary N) is 2. The molecular weight excluding hydrogens is 446 g/mol. The second kappa shape index (κ2) is 10.1. The lowest BCUT2D eigenvalue weighted by Crippen LogP contribution is -2.30. The first-order chi connectivity index (χ1) is 15.7. The number of amides is 1. The normalized spacial score (nSPS) is 11.8. The maximum atomic E-state index is 12.4. The van der Waals surface area contributed by atoms with Crippen molar-refractivity contribution in [1.29, 1.82) is 0 Å². The number of rotatable bonds is 8. The molecule has 2 aromatic carbocycles. The van der Waals surface area contributed by atoms with Crippen LogP contribution < -0.4 is 14.9 Å². The fourth-order valence-electron chi connectivity index (χ4n) is 2.67. The fraction of sp³-hybridized carbons (Fsp3) is 0.182. The Morgan fingerprint density at radius 2 is 1.58 bits per heavy atom. The number of ether oxygens (including phenoxy) is 1. The predicted octanol–water partition coefficient (Wildman–Crippen LogP) is 2.53. The first-order valence-corrected chi connectivity index (χ1v) is 11.3. The van der Waals surface area contributed by atoms with Crippen LogP contribution in [0.15, 0.2) is 71.9 Å². The number of anilines is 3. The maximum Gasteiger partial charge on any atom is 0.338 e. The van der Waals surface area contributed by atoms with Crippen LogP contribution in [-0.2, 0) is 19.6 Å². The summed E-state index contributed by atoms with van der Waals surface area (Å²) in [5, 5.41) is 2.59. The zero-order valence-corrected chi connectivity index (χ0v) is 19.0. The van der Waals surface area contributed by atoms with Crippen molar-refractivity contribution < 1.29 is 22.7 Å². The molecule has 2 N–H and O–H groups in total. The molecule has 11 heteroatoms. The molecule has 1 heterocycles. The predicted molar refractivity (Wildman–Crippen MR) is 124 cm³/mol. The third-order valence-corrected chi connectivity index (χ3v) is 5.84. The third kappa shape index (κ3) is 6.26. The number of carbonyl (C=O) groups is 2. The smallest absolute Gasteiger partial charge is 0.338 e. The van der Waals surface area contributed by atoms with E-state index in [9.17, 15) is 18.0 Å². The summed E-state index contributed by atoms with van der Waals surface area (Å²) in [7, 11) is -0.120. The van der Waals surface area contributed by atoms with Crippen LogP contribution in [0.4, 0.5) is 17.3 Å². The zero-order chi connectivity index (χ0) is 24.0. The van der Waals surface area contributed by atoms with Crippen molar-refractivity contribution in [3.8, 4) is 0 Å². The molecule has 0 fully saturated rings. The minimum Gasteiger partial charge on any atom is -0.449 e. The van der Waals surface area contributed by atoms with Crippen LogP contribution in [0.1, 0.15) is 17.3 Å². The van der Waals surface area contributed by atoms with E-state index >= 15 is 0 Å². The summed E-state index contributed by atoms with van der Waals surface area (Å²) in [5.74, 6) is -1.24. The van der Waals surface area contributed by atoms with Gasteiger partial charge in [-0.3, -0.25) is 4.79 Å². The Morgan fingerprint density at radius 3 is 2.15 bits per heavy atom. The van der Waals surface area contributed by atoms with Crippen molar-refractivity contribution in [1.82, 2.24) is 9.97 Å². The maximum absolute atomic E-state index is 12.4. The summed E-state index contributed by atoms with van der Waals surface area (Å²) < 4.78 is 32.3. The highest BCUT2D eigenvalue weighted by molar-refractivity contribution is 7.92. The van der Waals surface area contributed by atoms with E-state index in [1.165, 1.54) is 43.6 Å². The standard InChI is InChI=1S/C22H23N5O5S/c1-15(32-21(29)16-5-9-18(10-6-16)27(2)3)20(28)25-17-7-11-19(12-8-17)33(30,31)26-22-23-13-4-14-24-22/h4-15H,1-3H3,(H,25,28)(H,23,24,26). The molecule has 1 amide bonds. The van der Waals surface area contributed by atoms with E-state index < -0.39 is 28.0 Å². The number of carbonyl (C=O) groups excluding carboxylic acids is 2. The molecule has 33 heavy (non-hydrogen) atoms. The summed E-state index contributed by atoms with van der Waals surface area (Å²) in [6.45, 7) is 1.45. The second-order valence-electron chi connectivity index (χ2n) is 7.18. The van der Waals surface area contributed by atoms with E-state index in [1.807, 2.05) is 19.0 Å². The molecule has 3 aromatic rings. The number of nitrogens with zero attached hydrogens (tertiary/aromatic N) is 3. The van der Waals surface area contributed by atoms with Gasteiger partial charge in [0.15, 0.2) is 6.10 Å². The average molecular weight is 470 g/mol. The number of esters is 1. The van der Waals surface area contributed by atoms with Gasteiger partial charge in [0.2, 0.25) is 5.95 Å². The molecule has 0 aliphatic rings. The van der Waals surface area contributed by atoms with Crippen LogP contribution in [-0.4, -0.2) is 50.5 Å². The number of sulfonamides is 1. The Morgan fingerprint density at radius 1 is 0.970 bits per heavy atom. The van der Waals surface area contributed by atoms with E-state index in [0.29, 0.717) is 11.3 Å². The molecular formula is C22H23N5O5S. The van der Waals surface area contributed by atoms with Gasteiger partial charge in [-0.15, -0.1) is 0 Å². The average Bonchev–Trinajstić information content (AvgIpc) is 2.79. The minimum absolute atomic E-state index is 0.0337. The highest BCUT2D eigenvalue weighted by Gasteiger charge is 2.20. The number of aromatic nitrogens is 2. The zero-order valence-electron chi connectivity index (χ0n) is 18.2. The molecule has 1 atom stereocenters. The van der Waals surface area contributed by atoms with Gasteiger partial charge in [-0.2, -0.15) is 0 Å². The largest absolute Gasteiger partial charge is 0.449 e. The SMILES string of the molecule is CC(OC(=O)c1ccc(N(C)C)cc1)C(=O)Nc1ccc(S(=O)(=O)Nc2ncccn2)cc1. The number of hydrogen-bond acceptors (Lipinski definition) is 8. The van der Waals surface area contributed by atoms with Gasteiger partial charge < -0.3 is 15.0 Å². The Kier molecular flexibility index (Phi) is 7.23.